The molecule has 0 atom stereocenters. The van der Waals surface area contributed by atoms with Crippen molar-refractivity contribution in [2.75, 3.05) is 53.4 Å². The zero-order chi connectivity index (χ0) is 28.5. The average molecular weight is 556 g/mol. The van der Waals surface area contributed by atoms with E-state index in [0.29, 0.717) is 54.5 Å². The predicted molar refractivity (Wildman–Crippen MR) is 162 cm³/mol. The van der Waals surface area contributed by atoms with Crippen LogP contribution in [0, 0.1) is 5.92 Å². The molecule has 6 rings (SSSR count). The summed E-state index contributed by atoms with van der Waals surface area (Å²) >= 11 is 0. The molecule has 0 spiro atoms. The van der Waals surface area contributed by atoms with Gasteiger partial charge in [0.05, 0.1) is 5.56 Å². The number of fused-ring (bicyclic) bond motifs is 1. The normalized spacial score (nSPS) is 17.8. The molecule has 3 fully saturated rings. The first kappa shape index (κ1) is 27.7. The highest BCUT2D eigenvalue weighted by Crippen LogP contribution is 2.31. The van der Waals surface area contributed by atoms with Gasteiger partial charge in [-0.15, -0.1) is 0 Å². The van der Waals surface area contributed by atoms with Crippen LogP contribution in [0.4, 0.5) is 0 Å². The summed E-state index contributed by atoms with van der Waals surface area (Å²) < 4.78 is 1.77. The van der Waals surface area contributed by atoms with Gasteiger partial charge in [-0.2, -0.15) is 0 Å². The Hall–Kier alpha value is -3.49. The highest BCUT2D eigenvalue weighted by atomic mass is 16.2. The topological polar surface area (TPSA) is 77.9 Å². The number of carbonyl (C=O) groups excluding carboxylic acids is 2. The fourth-order valence-corrected chi connectivity index (χ4v) is 5.68. The largest absolute Gasteiger partial charge is 0.349 e. The summed E-state index contributed by atoms with van der Waals surface area (Å²) in [5, 5.41) is 4.38. The van der Waals surface area contributed by atoms with Gasteiger partial charge in [0.1, 0.15) is 0 Å². The van der Waals surface area contributed by atoms with E-state index in [1.165, 1.54) is 0 Å². The summed E-state index contributed by atoms with van der Waals surface area (Å²) in [6.45, 7) is 5.75. The van der Waals surface area contributed by atoms with Crippen LogP contribution in [-0.2, 0) is 13.0 Å². The number of pyridine rings is 1. The number of nitrogens with one attached hydrogen (secondary N) is 1. The van der Waals surface area contributed by atoms with Gasteiger partial charge in [-0.25, -0.2) is 0 Å². The van der Waals surface area contributed by atoms with Crippen molar-refractivity contribution in [3.8, 4) is 0 Å². The van der Waals surface area contributed by atoms with Crippen molar-refractivity contribution in [1.82, 2.24) is 24.6 Å². The molecule has 1 N–H and O–H groups in total. The van der Waals surface area contributed by atoms with E-state index in [0.717, 1.165) is 68.4 Å². The van der Waals surface area contributed by atoms with E-state index in [1.54, 1.807) is 4.57 Å². The Morgan fingerprint density at radius 2 is 1.68 bits per heavy atom. The molecule has 1 aliphatic heterocycles. The molecule has 2 amide bonds. The summed E-state index contributed by atoms with van der Waals surface area (Å²) in [5.41, 5.74) is 3.29. The number of carbonyl (C=O) groups is 2. The minimum absolute atomic E-state index is 0.00250. The summed E-state index contributed by atoms with van der Waals surface area (Å²) in [5.74, 6) is 0.499. The summed E-state index contributed by atoms with van der Waals surface area (Å²) in [4.78, 5) is 46.6. The Morgan fingerprint density at radius 3 is 2.39 bits per heavy atom. The number of amides is 2. The van der Waals surface area contributed by atoms with E-state index in [-0.39, 0.29) is 17.4 Å². The molecule has 8 nitrogen and oxygen atoms in total. The average Bonchev–Trinajstić information content (AvgIpc) is 3.91. The third kappa shape index (κ3) is 6.71. The van der Waals surface area contributed by atoms with E-state index in [1.807, 2.05) is 53.6 Å². The molecule has 1 aromatic heterocycles. The zero-order valence-corrected chi connectivity index (χ0v) is 24.3. The maximum Gasteiger partial charge on any atom is 0.258 e. The highest BCUT2D eigenvalue weighted by molar-refractivity contribution is 6.06. The lowest BCUT2D eigenvalue weighted by Crippen LogP contribution is -2.50. The second-order valence-electron chi connectivity index (χ2n) is 12.4. The van der Waals surface area contributed by atoms with Crippen LogP contribution < -0.4 is 10.9 Å². The van der Waals surface area contributed by atoms with Gasteiger partial charge in [0.2, 0.25) is 0 Å². The lowest BCUT2D eigenvalue weighted by molar-refractivity contribution is 0.0630. The van der Waals surface area contributed by atoms with E-state index in [9.17, 15) is 14.4 Å². The summed E-state index contributed by atoms with van der Waals surface area (Å²) in [6, 6.07) is 13.9. The van der Waals surface area contributed by atoms with E-state index in [2.05, 4.69) is 29.2 Å². The lowest BCUT2D eigenvalue weighted by Gasteiger charge is -2.35. The van der Waals surface area contributed by atoms with Crippen molar-refractivity contribution >= 4 is 22.6 Å². The maximum atomic E-state index is 14.0. The zero-order valence-electron chi connectivity index (χ0n) is 24.3. The molecule has 216 valence electrons. The number of benzene rings is 2. The minimum atomic E-state index is -0.0289. The molecule has 3 aliphatic rings. The van der Waals surface area contributed by atoms with Gasteiger partial charge in [-0.05, 0) is 87.5 Å². The number of aromatic nitrogens is 1. The second kappa shape index (κ2) is 11.8. The number of hydrogen-bond acceptors (Lipinski definition) is 5. The summed E-state index contributed by atoms with van der Waals surface area (Å²) in [7, 11) is 4.16. The number of likely N-dealkylation sites (N-methyl/N-ethyl adjacent to an activating group) is 1. The van der Waals surface area contributed by atoms with Gasteiger partial charge in [-0.1, -0.05) is 18.2 Å². The van der Waals surface area contributed by atoms with Crippen LogP contribution in [0.25, 0.3) is 10.8 Å². The monoisotopic (exact) mass is 555 g/mol. The Kier molecular flexibility index (Phi) is 7.95. The van der Waals surface area contributed by atoms with Gasteiger partial charge >= 0.3 is 0 Å². The van der Waals surface area contributed by atoms with Gasteiger partial charge in [-0.3, -0.25) is 19.3 Å². The third-order valence-electron chi connectivity index (χ3n) is 8.57. The third-order valence-corrected chi connectivity index (χ3v) is 8.57. The lowest BCUT2D eigenvalue weighted by atomic mass is 9.98. The Morgan fingerprint density at radius 1 is 0.927 bits per heavy atom. The van der Waals surface area contributed by atoms with Crippen LogP contribution in [0.1, 0.15) is 57.5 Å². The molecule has 8 heteroatoms. The Labute approximate surface area is 241 Å². The quantitative estimate of drug-likeness (QED) is 0.416. The predicted octanol–water partition coefficient (Wildman–Crippen LogP) is 3.21. The number of piperazine rings is 1. The van der Waals surface area contributed by atoms with Gasteiger partial charge in [0.25, 0.3) is 17.4 Å². The SMILES string of the molecule is CN(C)CCN1CCN(C(=O)c2cn(CC3CC3)c(=O)c3ccc(Cc4cccc(C(=O)NC5CC5)c4)cc23)CC1. The fraction of sp³-hybridized carbons (Fsp3) is 0.485. The molecule has 1 saturated heterocycles. The van der Waals surface area contributed by atoms with Gasteiger partial charge in [0, 0.05) is 74.4 Å². The Balaban J connectivity index is 1.27. The van der Waals surface area contributed by atoms with Crippen LogP contribution in [-0.4, -0.2) is 90.5 Å². The number of rotatable bonds is 10. The van der Waals surface area contributed by atoms with E-state index in [4.69, 9.17) is 0 Å². The van der Waals surface area contributed by atoms with Crippen LogP contribution in [0.5, 0.6) is 0 Å². The standard InChI is InChI=1S/C33H41N5O3/c1-35(2)12-13-36-14-16-37(17-15-36)33(41)30-22-38(21-23-6-7-23)32(40)28-11-8-25(20-29(28)30)18-24-4-3-5-26(19-24)31(39)34-27-9-10-27/h3-5,8,11,19-20,22-23,27H,6-7,9-10,12-18,21H2,1-2H3,(H,34,39). The van der Waals surface area contributed by atoms with Crippen molar-refractivity contribution < 1.29 is 9.59 Å². The molecule has 41 heavy (non-hydrogen) atoms. The van der Waals surface area contributed by atoms with E-state index >= 15 is 0 Å². The first-order chi connectivity index (χ1) is 19.8. The molecular weight excluding hydrogens is 514 g/mol. The molecule has 2 aliphatic carbocycles. The summed E-state index contributed by atoms with van der Waals surface area (Å²) in [6.07, 6.45) is 6.81. The minimum Gasteiger partial charge on any atom is -0.349 e. The molecule has 2 aromatic carbocycles. The molecule has 0 bridgehead atoms. The van der Waals surface area contributed by atoms with Crippen LogP contribution in [0.2, 0.25) is 0 Å². The van der Waals surface area contributed by atoms with Crippen LogP contribution in [0.3, 0.4) is 0 Å². The van der Waals surface area contributed by atoms with Crippen molar-refractivity contribution in [2.24, 2.45) is 5.92 Å². The van der Waals surface area contributed by atoms with Crippen molar-refractivity contribution in [1.29, 1.82) is 0 Å². The molecular formula is C33H41N5O3. The highest BCUT2D eigenvalue weighted by Gasteiger charge is 2.27. The molecule has 2 saturated carbocycles. The second-order valence-corrected chi connectivity index (χ2v) is 12.4. The number of nitrogens with zero attached hydrogens (tertiary/aromatic N) is 4. The van der Waals surface area contributed by atoms with E-state index < -0.39 is 0 Å². The Bertz CT molecular complexity index is 1500. The van der Waals surface area contributed by atoms with Crippen molar-refractivity contribution in [3.63, 3.8) is 0 Å². The van der Waals surface area contributed by atoms with Gasteiger partial charge < -0.3 is 19.7 Å². The molecule has 2 heterocycles. The van der Waals surface area contributed by atoms with Crippen LogP contribution >= 0.6 is 0 Å². The van der Waals surface area contributed by atoms with Crippen molar-refractivity contribution in [2.45, 2.75) is 44.7 Å². The molecule has 0 radical (unpaired) electrons. The number of hydrogen-bond donors (Lipinski definition) is 1. The maximum absolute atomic E-state index is 14.0. The molecule has 3 aromatic rings. The van der Waals surface area contributed by atoms with Crippen LogP contribution in [0.15, 0.2) is 53.5 Å². The fourth-order valence-electron chi connectivity index (χ4n) is 5.68. The van der Waals surface area contributed by atoms with Gasteiger partial charge in [0.15, 0.2) is 0 Å². The molecule has 0 unspecified atom stereocenters. The first-order valence-electron chi connectivity index (χ1n) is 15.1. The smallest absolute Gasteiger partial charge is 0.258 e. The van der Waals surface area contributed by atoms with Crippen molar-refractivity contribution in [3.05, 3.63) is 81.3 Å². The first-order valence-corrected chi connectivity index (χ1v) is 15.1.